The summed E-state index contributed by atoms with van der Waals surface area (Å²) in [5.41, 5.74) is 9.30. The molecular weight excluding hydrogens is 361 g/mol. The van der Waals surface area contributed by atoms with Gasteiger partial charge in [0.05, 0.1) is 17.6 Å². The van der Waals surface area contributed by atoms with E-state index in [9.17, 15) is 9.18 Å². The number of ether oxygens (including phenoxy) is 1. The summed E-state index contributed by atoms with van der Waals surface area (Å²) in [7, 11) is 1.55. The maximum atomic E-state index is 13.4. The van der Waals surface area contributed by atoms with Crippen LogP contribution in [0.2, 0.25) is 0 Å². The largest absolute Gasteiger partial charge is 0.384 e. The summed E-state index contributed by atoms with van der Waals surface area (Å²) in [5.74, 6) is -0.551. The van der Waals surface area contributed by atoms with E-state index < -0.39 is 0 Å². The molecule has 2 heterocycles. The molecule has 0 aliphatic carbocycles. The normalized spacial score (nSPS) is 11.2. The van der Waals surface area contributed by atoms with Gasteiger partial charge in [-0.05, 0) is 36.4 Å². The second kappa shape index (κ2) is 7.24. The number of aromatic nitrogens is 3. The van der Waals surface area contributed by atoms with Gasteiger partial charge in [-0.2, -0.15) is 0 Å². The molecule has 1 amide bonds. The highest BCUT2D eigenvalue weighted by atomic mass is 19.1. The fourth-order valence-electron chi connectivity index (χ4n) is 3.09. The van der Waals surface area contributed by atoms with E-state index in [0.717, 1.165) is 0 Å². The van der Waals surface area contributed by atoms with E-state index in [-0.39, 0.29) is 23.1 Å². The van der Waals surface area contributed by atoms with Crippen LogP contribution < -0.4 is 11.1 Å². The first-order chi connectivity index (χ1) is 13.6. The standard InChI is InChI=1S/C20H18FN5O2/c1-28-11-10-23-20(27)16-17-19(25-15-5-3-2-4-14(15)24-17)26(18(16)22)13-8-6-12(21)7-9-13/h2-9H,10-11,22H2,1H3,(H,23,27). The Morgan fingerprint density at radius 3 is 2.50 bits per heavy atom. The van der Waals surface area contributed by atoms with E-state index in [2.05, 4.69) is 15.3 Å². The second-order valence-electron chi connectivity index (χ2n) is 6.21. The number of nitrogens with zero attached hydrogens (tertiary/aromatic N) is 3. The molecule has 2 aromatic heterocycles. The highest BCUT2D eigenvalue weighted by Gasteiger charge is 2.24. The van der Waals surface area contributed by atoms with Gasteiger partial charge in [-0.25, -0.2) is 14.4 Å². The third kappa shape index (κ3) is 3.03. The minimum Gasteiger partial charge on any atom is -0.384 e. The van der Waals surface area contributed by atoms with Gasteiger partial charge in [0.25, 0.3) is 5.91 Å². The van der Waals surface area contributed by atoms with Crippen molar-refractivity contribution in [3.8, 4) is 5.69 Å². The van der Waals surface area contributed by atoms with Gasteiger partial charge in [0.15, 0.2) is 5.65 Å². The molecule has 2 aromatic carbocycles. The topological polar surface area (TPSA) is 95.1 Å². The van der Waals surface area contributed by atoms with Crippen LogP contribution >= 0.6 is 0 Å². The molecule has 0 fully saturated rings. The van der Waals surface area contributed by atoms with Crippen LogP contribution in [0.1, 0.15) is 10.4 Å². The molecule has 0 aliphatic heterocycles. The Morgan fingerprint density at radius 2 is 1.82 bits per heavy atom. The first-order valence-corrected chi connectivity index (χ1v) is 8.70. The zero-order chi connectivity index (χ0) is 19.7. The first kappa shape index (κ1) is 17.9. The number of carbonyl (C=O) groups excluding carboxylic acids is 1. The summed E-state index contributed by atoms with van der Waals surface area (Å²) in [5, 5.41) is 2.77. The van der Waals surface area contributed by atoms with Crippen LogP contribution in [-0.2, 0) is 4.74 Å². The number of nitrogens with one attached hydrogen (secondary N) is 1. The van der Waals surface area contributed by atoms with Gasteiger partial charge < -0.3 is 15.8 Å². The lowest BCUT2D eigenvalue weighted by Gasteiger charge is -2.08. The molecule has 0 bridgehead atoms. The van der Waals surface area contributed by atoms with Crippen LogP contribution in [0.25, 0.3) is 27.9 Å². The van der Waals surface area contributed by atoms with Gasteiger partial charge in [-0.1, -0.05) is 12.1 Å². The Hall–Kier alpha value is -3.52. The van der Waals surface area contributed by atoms with Crippen LogP contribution in [0.3, 0.4) is 0 Å². The number of fused-ring (bicyclic) bond motifs is 2. The Balaban J connectivity index is 1.97. The molecule has 8 heteroatoms. The number of nitrogen functional groups attached to an aromatic ring is 1. The molecule has 0 saturated heterocycles. The highest BCUT2D eigenvalue weighted by Crippen LogP contribution is 2.30. The highest BCUT2D eigenvalue weighted by molar-refractivity contribution is 6.11. The molecule has 0 spiro atoms. The van der Waals surface area contributed by atoms with Crippen molar-refractivity contribution in [1.82, 2.24) is 19.9 Å². The molecule has 0 aliphatic rings. The number of nitrogens with two attached hydrogens (primary N) is 1. The maximum Gasteiger partial charge on any atom is 0.257 e. The fraction of sp³-hybridized carbons (Fsp3) is 0.150. The van der Waals surface area contributed by atoms with Crippen molar-refractivity contribution in [3.63, 3.8) is 0 Å². The number of carbonyl (C=O) groups is 1. The average molecular weight is 379 g/mol. The van der Waals surface area contributed by atoms with Crippen LogP contribution in [0, 0.1) is 5.82 Å². The van der Waals surface area contributed by atoms with E-state index >= 15 is 0 Å². The molecule has 4 rings (SSSR count). The van der Waals surface area contributed by atoms with Gasteiger partial charge >= 0.3 is 0 Å². The average Bonchev–Trinajstić information content (AvgIpc) is 2.98. The van der Waals surface area contributed by atoms with Crippen molar-refractivity contribution in [2.75, 3.05) is 26.0 Å². The van der Waals surface area contributed by atoms with Crippen LogP contribution in [-0.4, -0.2) is 40.7 Å². The number of anilines is 1. The first-order valence-electron chi connectivity index (χ1n) is 8.70. The van der Waals surface area contributed by atoms with Gasteiger partial charge in [0.1, 0.15) is 22.7 Å². The van der Waals surface area contributed by atoms with E-state index in [1.165, 1.54) is 12.1 Å². The van der Waals surface area contributed by atoms with Gasteiger partial charge in [-0.15, -0.1) is 0 Å². The van der Waals surface area contributed by atoms with Crippen LogP contribution in [0.5, 0.6) is 0 Å². The summed E-state index contributed by atoms with van der Waals surface area (Å²) in [6.45, 7) is 0.704. The minimum atomic E-state index is -0.370. The molecule has 28 heavy (non-hydrogen) atoms. The molecular formula is C20H18FN5O2. The smallest absolute Gasteiger partial charge is 0.257 e. The van der Waals surface area contributed by atoms with E-state index in [1.807, 2.05) is 24.3 Å². The zero-order valence-corrected chi connectivity index (χ0v) is 15.1. The second-order valence-corrected chi connectivity index (χ2v) is 6.21. The lowest BCUT2D eigenvalue weighted by molar-refractivity contribution is 0.0939. The van der Waals surface area contributed by atoms with Crippen molar-refractivity contribution >= 4 is 33.9 Å². The number of rotatable bonds is 5. The molecule has 0 saturated carbocycles. The number of amides is 1. The van der Waals surface area contributed by atoms with Crippen molar-refractivity contribution in [2.45, 2.75) is 0 Å². The van der Waals surface area contributed by atoms with E-state index in [0.29, 0.717) is 41.0 Å². The van der Waals surface area contributed by atoms with E-state index in [4.69, 9.17) is 10.5 Å². The van der Waals surface area contributed by atoms with Gasteiger partial charge in [0, 0.05) is 19.3 Å². The number of hydrogen-bond acceptors (Lipinski definition) is 5. The van der Waals surface area contributed by atoms with Crippen molar-refractivity contribution < 1.29 is 13.9 Å². The van der Waals surface area contributed by atoms with Crippen molar-refractivity contribution in [2.24, 2.45) is 0 Å². The Bertz CT molecular complexity index is 1170. The minimum absolute atomic E-state index is 0.187. The molecule has 0 radical (unpaired) electrons. The van der Waals surface area contributed by atoms with E-state index in [1.54, 1.807) is 23.8 Å². The number of halogens is 1. The Morgan fingerprint density at radius 1 is 1.14 bits per heavy atom. The molecule has 142 valence electrons. The lowest BCUT2D eigenvalue weighted by Crippen LogP contribution is -2.27. The summed E-state index contributed by atoms with van der Waals surface area (Å²) in [6.07, 6.45) is 0. The van der Waals surface area contributed by atoms with Crippen molar-refractivity contribution in [3.05, 3.63) is 59.9 Å². The number of para-hydroxylation sites is 2. The molecule has 7 nitrogen and oxygen atoms in total. The number of hydrogen-bond donors (Lipinski definition) is 2. The summed E-state index contributed by atoms with van der Waals surface area (Å²) in [4.78, 5) is 22.1. The number of methoxy groups -OCH3 is 1. The third-order valence-corrected chi connectivity index (χ3v) is 4.40. The summed E-state index contributed by atoms with van der Waals surface area (Å²) in [6, 6.07) is 13.2. The Labute approximate surface area is 160 Å². The quantitative estimate of drug-likeness (QED) is 0.520. The van der Waals surface area contributed by atoms with Gasteiger partial charge in [0.2, 0.25) is 0 Å². The Kier molecular flexibility index (Phi) is 4.62. The predicted molar refractivity (Wildman–Crippen MR) is 105 cm³/mol. The monoisotopic (exact) mass is 379 g/mol. The maximum absolute atomic E-state index is 13.4. The lowest BCUT2D eigenvalue weighted by atomic mass is 10.2. The molecule has 4 aromatic rings. The zero-order valence-electron chi connectivity index (χ0n) is 15.1. The molecule has 0 unspecified atom stereocenters. The van der Waals surface area contributed by atoms with Gasteiger partial charge in [-0.3, -0.25) is 9.36 Å². The van der Waals surface area contributed by atoms with Crippen LogP contribution in [0.15, 0.2) is 48.5 Å². The molecule has 3 N–H and O–H groups in total. The number of benzene rings is 2. The predicted octanol–water partition coefficient (Wildman–Crippen LogP) is 2.67. The fourth-order valence-corrected chi connectivity index (χ4v) is 3.09. The van der Waals surface area contributed by atoms with Crippen LogP contribution in [0.4, 0.5) is 10.2 Å². The summed E-state index contributed by atoms with van der Waals surface area (Å²) < 4.78 is 20.0. The summed E-state index contributed by atoms with van der Waals surface area (Å²) >= 11 is 0. The van der Waals surface area contributed by atoms with Crippen molar-refractivity contribution in [1.29, 1.82) is 0 Å². The molecule has 0 atom stereocenters. The third-order valence-electron chi connectivity index (χ3n) is 4.40. The SMILES string of the molecule is COCCNC(=O)c1c(N)n(-c2ccc(F)cc2)c2nc3ccccc3nc12.